The number of nitrogens with zero attached hydrogens (tertiary/aromatic N) is 1. The number of hydrogen-bond donors (Lipinski definition) is 1. The third kappa shape index (κ3) is 6.21. The summed E-state index contributed by atoms with van der Waals surface area (Å²) in [6.07, 6.45) is 1.16. The molecule has 2 aromatic rings. The maximum absolute atomic E-state index is 12.5. The Kier molecular flexibility index (Phi) is 7.90. The molecule has 1 aliphatic rings. The van der Waals surface area contributed by atoms with Gasteiger partial charge >= 0.3 is 0 Å². The van der Waals surface area contributed by atoms with Gasteiger partial charge in [0.05, 0.1) is 33.5 Å². The van der Waals surface area contributed by atoms with Crippen molar-refractivity contribution in [3.05, 3.63) is 59.7 Å². The molecule has 1 fully saturated rings. The minimum absolute atomic E-state index is 0.0574. The molecule has 156 valence electrons. The number of nitrogens with one attached hydrogen (secondary N) is 1. The van der Waals surface area contributed by atoms with E-state index in [0.29, 0.717) is 32.6 Å². The van der Waals surface area contributed by atoms with Gasteiger partial charge in [0.25, 0.3) is 0 Å². The van der Waals surface area contributed by atoms with Crippen molar-refractivity contribution in [3.8, 4) is 11.5 Å². The summed E-state index contributed by atoms with van der Waals surface area (Å²) < 4.78 is 16.1. The van der Waals surface area contributed by atoms with Crippen molar-refractivity contribution >= 4 is 5.91 Å². The smallest absolute Gasteiger partial charge is 0.220 e. The van der Waals surface area contributed by atoms with Crippen LogP contribution in [0.4, 0.5) is 0 Å². The number of amides is 1. The molecule has 0 aliphatic carbocycles. The molecule has 1 atom stereocenters. The number of morpholine rings is 1. The number of methoxy groups -OCH3 is 2. The predicted octanol–water partition coefficient (Wildman–Crippen LogP) is 2.83. The highest BCUT2D eigenvalue weighted by atomic mass is 16.5. The summed E-state index contributed by atoms with van der Waals surface area (Å²) in [6.45, 7) is 3.69. The van der Waals surface area contributed by atoms with Gasteiger partial charge in [-0.1, -0.05) is 24.3 Å². The van der Waals surface area contributed by atoms with E-state index in [0.717, 1.165) is 35.7 Å². The van der Waals surface area contributed by atoms with Crippen LogP contribution in [0.2, 0.25) is 0 Å². The van der Waals surface area contributed by atoms with E-state index in [4.69, 9.17) is 14.2 Å². The summed E-state index contributed by atoms with van der Waals surface area (Å²) in [5.74, 6) is 1.71. The fraction of sp³-hybridized carbons (Fsp3) is 0.435. The summed E-state index contributed by atoms with van der Waals surface area (Å²) in [4.78, 5) is 14.8. The molecule has 29 heavy (non-hydrogen) atoms. The zero-order valence-electron chi connectivity index (χ0n) is 17.2. The zero-order chi connectivity index (χ0) is 20.5. The zero-order valence-corrected chi connectivity index (χ0v) is 17.2. The molecule has 1 aliphatic heterocycles. The second-order valence-electron chi connectivity index (χ2n) is 7.09. The first kappa shape index (κ1) is 21.1. The number of rotatable bonds is 9. The Hall–Kier alpha value is -2.57. The minimum atomic E-state index is 0.0574. The summed E-state index contributed by atoms with van der Waals surface area (Å²) in [7, 11) is 3.32. The van der Waals surface area contributed by atoms with E-state index in [-0.39, 0.29) is 11.9 Å². The van der Waals surface area contributed by atoms with Crippen LogP contribution in [-0.2, 0) is 16.0 Å². The van der Waals surface area contributed by atoms with Crippen LogP contribution in [0.1, 0.15) is 23.6 Å². The molecule has 0 bridgehead atoms. The number of aryl methyl sites for hydroxylation is 1. The number of carbonyl (C=O) groups is 1. The Labute approximate surface area is 172 Å². The maximum Gasteiger partial charge on any atom is 0.220 e. The molecule has 0 spiro atoms. The lowest BCUT2D eigenvalue weighted by Gasteiger charge is -2.35. The van der Waals surface area contributed by atoms with Gasteiger partial charge in [0.2, 0.25) is 5.91 Å². The van der Waals surface area contributed by atoms with E-state index < -0.39 is 0 Å². The van der Waals surface area contributed by atoms with Gasteiger partial charge in [0.1, 0.15) is 11.5 Å². The van der Waals surface area contributed by atoms with Crippen LogP contribution in [-0.4, -0.2) is 57.9 Å². The first-order chi connectivity index (χ1) is 14.2. The molecule has 2 aromatic carbocycles. The number of benzene rings is 2. The van der Waals surface area contributed by atoms with Gasteiger partial charge in [-0.3, -0.25) is 9.69 Å². The van der Waals surface area contributed by atoms with E-state index in [1.807, 2.05) is 42.5 Å². The Morgan fingerprint density at radius 3 is 2.48 bits per heavy atom. The molecule has 6 nitrogen and oxygen atoms in total. The van der Waals surface area contributed by atoms with Crippen molar-refractivity contribution in [3.63, 3.8) is 0 Å². The summed E-state index contributed by atoms with van der Waals surface area (Å²) in [5.41, 5.74) is 2.26. The fourth-order valence-corrected chi connectivity index (χ4v) is 3.54. The van der Waals surface area contributed by atoms with Gasteiger partial charge in [0, 0.05) is 26.1 Å². The first-order valence-electron chi connectivity index (χ1n) is 10.0. The van der Waals surface area contributed by atoms with Crippen molar-refractivity contribution in [1.29, 1.82) is 0 Å². The molecule has 6 heteroatoms. The molecule has 0 radical (unpaired) electrons. The van der Waals surface area contributed by atoms with E-state index in [1.54, 1.807) is 14.2 Å². The predicted molar refractivity (Wildman–Crippen MR) is 112 cm³/mol. The third-order valence-electron chi connectivity index (χ3n) is 5.26. The van der Waals surface area contributed by atoms with E-state index in [2.05, 4.69) is 16.3 Å². The molecular formula is C23H30N2O4. The second kappa shape index (κ2) is 10.8. The van der Waals surface area contributed by atoms with Crippen LogP contribution in [0, 0.1) is 0 Å². The highest BCUT2D eigenvalue weighted by Gasteiger charge is 2.23. The van der Waals surface area contributed by atoms with Gasteiger partial charge in [-0.15, -0.1) is 0 Å². The van der Waals surface area contributed by atoms with Crippen LogP contribution in [0.3, 0.4) is 0 Å². The van der Waals surface area contributed by atoms with Crippen LogP contribution >= 0.6 is 0 Å². The lowest BCUT2D eigenvalue weighted by molar-refractivity contribution is -0.121. The van der Waals surface area contributed by atoms with Crippen molar-refractivity contribution < 1.29 is 19.0 Å². The summed E-state index contributed by atoms with van der Waals surface area (Å²) >= 11 is 0. The molecule has 3 rings (SSSR count). The SMILES string of the molecule is COc1ccc(CCC(=O)NCC(c2cccc(OC)c2)N2CCOCC2)cc1. The molecule has 1 N–H and O–H groups in total. The van der Waals surface area contributed by atoms with Gasteiger partial charge in [-0.25, -0.2) is 0 Å². The van der Waals surface area contributed by atoms with E-state index in [1.165, 1.54) is 0 Å². The molecule has 1 unspecified atom stereocenters. The minimum Gasteiger partial charge on any atom is -0.497 e. The lowest BCUT2D eigenvalue weighted by atomic mass is 10.0. The van der Waals surface area contributed by atoms with Gasteiger partial charge < -0.3 is 19.5 Å². The largest absolute Gasteiger partial charge is 0.497 e. The Morgan fingerprint density at radius 1 is 1.07 bits per heavy atom. The standard InChI is InChI=1S/C23H30N2O4/c1-27-20-9-6-18(7-10-20)8-11-23(26)24-17-22(25-12-14-29-15-13-25)19-4-3-5-21(16-19)28-2/h3-7,9-10,16,22H,8,11-15,17H2,1-2H3,(H,24,26). The highest BCUT2D eigenvalue weighted by Crippen LogP contribution is 2.25. The Balaban J connectivity index is 1.58. The van der Waals surface area contributed by atoms with Gasteiger partial charge in [-0.2, -0.15) is 0 Å². The molecule has 0 saturated carbocycles. The first-order valence-corrected chi connectivity index (χ1v) is 10.0. The number of hydrogen-bond acceptors (Lipinski definition) is 5. The molecular weight excluding hydrogens is 368 g/mol. The topological polar surface area (TPSA) is 60.0 Å². The third-order valence-corrected chi connectivity index (χ3v) is 5.26. The fourth-order valence-electron chi connectivity index (χ4n) is 3.54. The molecule has 0 aromatic heterocycles. The maximum atomic E-state index is 12.5. The number of ether oxygens (including phenoxy) is 3. The van der Waals surface area contributed by atoms with Gasteiger partial charge in [-0.05, 0) is 41.8 Å². The summed E-state index contributed by atoms with van der Waals surface area (Å²) in [6, 6.07) is 16.0. The Morgan fingerprint density at radius 2 is 1.79 bits per heavy atom. The highest BCUT2D eigenvalue weighted by molar-refractivity contribution is 5.76. The van der Waals surface area contributed by atoms with E-state index >= 15 is 0 Å². The molecule has 1 saturated heterocycles. The molecule has 1 amide bonds. The van der Waals surface area contributed by atoms with Crippen LogP contribution in [0.5, 0.6) is 11.5 Å². The van der Waals surface area contributed by atoms with Crippen molar-refractivity contribution in [2.45, 2.75) is 18.9 Å². The number of carbonyl (C=O) groups excluding carboxylic acids is 1. The second-order valence-corrected chi connectivity index (χ2v) is 7.09. The van der Waals surface area contributed by atoms with Gasteiger partial charge in [0.15, 0.2) is 0 Å². The van der Waals surface area contributed by atoms with Crippen LogP contribution in [0.15, 0.2) is 48.5 Å². The van der Waals surface area contributed by atoms with Crippen LogP contribution < -0.4 is 14.8 Å². The average Bonchev–Trinajstić information content (AvgIpc) is 2.79. The molecule has 1 heterocycles. The monoisotopic (exact) mass is 398 g/mol. The quantitative estimate of drug-likeness (QED) is 0.704. The lowest BCUT2D eigenvalue weighted by Crippen LogP contribution is -2.43. The van der Waals surface area contributed by atoms with Crippen molar-refractivity contribution in [2.24, 2.45) is 0 Å². The van der Waals surface area contributed by atoms with E-state index in [9.17, 15) is 4.79 Å². The summed E-state index contributed by atoms with van der Waals surface area (Å²) in [5, 5.41) is 3.12. The van der Waals surface area contributed by atoms with Crippen LogP contribution in [0.25, 0.3) is 0 Å². The Bertz CT molecular complexity index is 773. The average molecular weight is 399 g/mol. The van der Waals surface area contributed by atoms with Crippen molar-refractivity contribution in [1.82, 2.24) is 10.2 Å². The van der Waals surface area contributed by atoms with Crippen molar-refractivity contribution in [2.75, 3.05) is 47.1 Å². The normalized spacial score (nSPS) is 15.5.